The number of amides is 4. The van der Waals surface area contributed by atoms with Crippen LogP contribution in [0.1, 0.15) is 35.4 Å². The van der Waals surface area contributed by atoms with Crippen LogP contribution in [0.2, 0.25) is 0 Å². The Morgan fingerprint density at radius 2 is 1.19 bits per heavy atom. The summed E-state index contributed by atoms with van der Waals surface area (Å²) in [4.78, 5) is 59.4. The highest BCUT2D eigenvalue weighted by molar-refractivity contribution is 6.24. The summed E-state index contributed by atoms with van der Waals surface area (Å²) in [5, 5.41) is 10.5. The van der Waals surface area contributed by atoms with E-state index in [1.54, 1.807) is 60.7 Å². The van der Waals surface area contributed by atoms with Crippen molar-refractivity contribution >= 4 is 47.2 Å². The summed E-state index contributed by atoms with van der Waals surface area (Å²) in [6.45, 7) is 7.57. The number of fused-ring (bicyclic) bond motifs is 4. The molecule has 1 N–H and O–H groups in total. The zero-order chi connectivity index (χ0) is 33.1. The van der Waals surface area contributed by atoms with E-state index in [1.807, 2.05) is 6.08 Å². The van der Waals surface area contributed by atoms with Crippen molar-refractivity contribution in [1.29, 1.82) is 0 Å². The third-order valence-corrected chi connectivity index (χ3v) is 10.3. The maximum atomic E-state index is 14.5. The van der Waals surface area contributed by atoms with Gasteiger partial charge in [0.25, 0.3) is 0 Å². The molecule has 6 atom stereocenters. The summed E-state index contributed by atoms with van der Waals surface area (Å²) in [6, 6.07) is 17.0. The number of methoxy groups -OCH3 is 2. The van der Waals surface area contributed by atoms with Crippen LogP contribution >= 0.6 is 0 Å². The number of hydrogen-bond acceptors (Lipinski definition) is 7. The molecule has 0 aromatic heterocycles. The fraction of sp³-hybridized carbons (Fsp3) is 0.263. The number of nitrogens with zero attached hydrogens (tertiary/aromatic N) is 2. The number of phenolic OH excluding ortho intramolecular Hbond substituents is 1. The van der Waals surface area contributed by atoms with E-state index in [0.717, 1.165) is 16.7 Å². The van der Waals surface area contributed by atoms with E-state index in [1.165, 1.54) is 36.2 Å². The van der Waals surface area contributed by atoms with Crippen LogP contribution in [0.15, 0.2) is 85.5 Å². The van der Waals surface area contributed by atoms with Gasteiger partial charge in [-0.15, -0.1) is 0 Å². The van der Waals surface area contributed by atoms with Crippen molar-refractivity contribution in [2.45, 2.75) is 18.8 Å². The molecule has 4 amide bonds. The molecule has 3 aromatic rings. The molecule has 238 valence electrons. The van der Waals surface area contributed by atoms with Gasteiger partial charge in [-0.3, -0.25) is 29.0 Å². The maximum Gasteiger partial charge on any atom is 0.238 e. The van der Waals surface area contributed by atoms with Gasteiger partial charge in [-0.2, -0.15) is 0 Å². The van der Waals surface area contributed by atoms with E-state index in [-0.39, 0.29) is 35.8 Å². The van der Waals surface area contributed by atoms with Crippen LogP contribution in [-0.4, -0.2) is 43.0 Å². The van der Waals surface area contributed by atoms with Crippen molar-refractivity contribution in [3.05, 3.63) is 102 Å². The number of imide groups is 2. The van der Waals surface area contributed by atoms with Crippen molar-refractivity contribution < 1.29 is 33.8 Å². The monoisotopic (exact) mass is 630 g/mol. The zero-order valence-corrected chi connectivity index (χ0v) is 26.1. The van der Waals surface area contributed by atoms with Gasteiger partial charge in [0.15, 0.2) is 0 Å². The molecule has 47 heavy (non-hydrogen) atoms. The number of allylic oxidation sites excluding steroid dienone is 2. The maximum absolute atomic E-state index is 14.5. The van der Waals surface area contributed by atoms with Crippen molar-refractivity contribution in [2.24, 2.45) is 29.6 Å². The van der Waals surface area contributed by atoms with Crippen molar-refractivity contribution in [3.63, 3.8) is 0 Å². The first-order valence-corrected chi connectivity index (χ1v) is 15.6. The molecule has 4 aliphatic rings. The van der Waals surface area contributed by atoms with E-state index in [0.29, 0.717) is 34.9 Å². The van der Waals surface area contributed by atoms with E-state index in [9.17, 15) is 24.3 Å². The van der Waals surface area contributed by atoms with Crippen molar-refractivity contribution in [2.75, 3.05) is 24.0 Å². The Balaban J connectivity index is 1.37. The van der Waals surface area contributed by atoms with Crippen LogP contribution in [0.5, 0.6) is 17.2 Å². The lowest BCUT2D eigenvalue weighted by Gasteiger charge is -2.44. The van der Waals surface area contributed by atoms with Crippen LogP contribution < -0.4 is 19.3 Å². The first-order chi connectivity index (χ1) is 22.7. The fourth-order valence-electron chi connectivity index (χ4n) is 8.17. The molecule has 7 rings (SSSR count). The Labute approximate surface area is 272 Å². The van der Waals surface area contributed by atoms with E-state index in [2.05, 4.69) is 13.2 Å². The molecule has 2 saturated heterocycles. The number of ether oxygens (including phenoxy) is 2. The fourth-order valence-corrected chi connectivity index (χ4v) is 8.17. The average Bonchev–Trinajstić information content (AvgIpc) is 3.50. The van der Waals surface area contributed by atoms with E-state index < -0.39 is 35.5 Å². The standard InChI is InChI=1S/C38H34N2O7/c1-5-20-7-11-22(12-8-20)39-35(42)26-16-15-25-27(31(26)37(39)44)19-28-33(32(25)34-29(46-3)17-24(41)18-30(34)47-4)38(45)40(36(28)43)23-13-9-21(6-2)10-14-23/h5-15,17-18,26-28,31-33,41H,1-2,16,19H2,3-4H3. The Morgan fingerprint density at radius 3 is 1.68 bits per heavy atom. The van der Waals surface area contributed by atoms with E-state index >= 15 is 0 Å². The summed E-state index contributed by atoms with van der Waals surface area (Å²) >= 11 is 0. The summed E-state index contributed by atoms with van der Waals surface area (Å²) in [5.74, 6) is -4.99. The number of phenols is 1. The van der Waals surface area contributed by atoms with Crippen LogP contribution in [0, 0.1) is 29.6 Å². The molecule has 0 bridgehead atoms. The average molecular weight is 631 g/mol. The lowest BCUT2D eigenvalue weighted by Crippen LogP contribution is -2.43. The molecule has 0 radical (unpaired) electrons. The molecule has 6 unspecified atom stereocenters. The highest BCUT2D eigenvalue weighted by Crippen LogP contribution is 2.61. The van der Waals surface area contributed by atoms with Gasteiger partial charge in [0.1, 0.15) is 17.2 Å². The Hall–Kier alpha value is -5.44. The summed E-state index contributed by atoms with van der Waals surface area (Å²) < 4.78 is 11.5. The van der Waals surface area contributed by atoms with Gasteiger partial charge in [0, 0.05) is 23.6 Å². The summed E-state index contributed by atoms with van der Waals surface area (Å²) in [5.41, 5.74) is 3.94. The highest BCUT2D eigenvalue weighted by atomic mass is 16.5. The van der Waals surface area contributed by atoms with Crippen LogP contribution in [-0.2, 0) is 19.2 Å². The van der Waals surface area contributed by atoms with E-state index in [4.69, 9.17) is 9.47 Å². The van der Waals surface area contributed by atoms with Gasteiger partial charge >= 0.3 is 0 Å². The third kappa shape index (κ3) is 4.52. The number of anilines is 2. The Morgan fingerprint density at radius 1 is 0.702 bits per heavy atom. The van der Waals surface area contributed by atoms with Gasteiger partial charge in [0.2, 0.25) is 23.6 Å². The van der Waals surface area contributed by atoms with Gasteiger partial charge in [-0.05, 0) is 54.2 Å². The van der Waals surface area contributed by atoms with Gasteiger partial charge in [0.05, 0.1) is 49.3 Å². The number of rotatable bonds is 7. The molecule has 3 fully saturated rings. The number of hydrogen-bond donors (Lipinski definition) is 1. The Kier molecular flexibility index (Phi) is 7.34. The van der Waals surface area contributed by atoms with Crippen LogP contribution in [0.3, 0.4) is 0 Å². The lowest BCUT2D eigenvalue weighted by atomic mass is 9.57. The van der Waals surface area contributed by atoms with Crippen LogP contribution in [0.25, 0.3) is 12.2 Å². The second-order valence-corrected chi connectivity index (χ2v) is 12.4. The number of carbonyl (C=O) groups is 4. The summed E-state index contributed by atoms with van der Waals surface area (Å²) in [6.07, 6.45) is 5.86. The minimum Gasteiger partial charge on any atom is -0.508 e. The van der Waals surface area contributed by atoms with Gasteiger partial charge in [-0.25, -0.2) is 0 Å². The predicted molar refractivity (Wildman–Crippen MR) is 177 cm³/mol. The molecule has 2 aliphatic heterocycles. The van der Waals surface area contributed by atoms with Crippen LogP contribution in [0.4, 0.5) is 11.4 Å². The topological polar surface area (TPSA) is 113 Å². The highest BCUT2D eigenvalue weighted by Gasteiger charge is 2.63. The number of benzene rings is 3. The normalized spacial score (nSPS) is 26.4. The molecule has 0 spiro atoms. The predicted octanol–water partition coefficient (Wildman–Crippen LogP) is 5.74. The number of carbonyl (C=O) groups excluding carboxylic acids is 4. The van der Waals surface area contributed by atoms with Crippen molar-refractivity contribution in [1.82, 2.24) is 0 Å². The SMILES string of the molecule is C=Cc1ccc(N2C(=O)C3CC=C4C(CC5C(=O)N(c6ccc(C=C)cc6)C(=O)C5C4c4c(OC)cc(O)cc4OC)C3C2=O)cc1. The Bertz CT molecular complexity index is 1850. The molecule has 3 aromatic carbocycles. The number of aromatic hydroxyl groups is 1. The quantitative estimate of drug-likeness (QED) is 0.262. The first-order valence-electron chi connectivity index (χ1n) is 15.6. The minimum atomic E-state index is -0.831. The van der Waals surface area contributed by atoms with Gasteiger partial charge in [-0.1, -0.05) is 61.2 Å². The second-order valence-electron chi connectivity index (χ2n) is 12.4. The summed E-state index contributed by atoms with van der Waals surface area (Å²) in [7, 11) is 2.93. The molecule has 9 nitrogen and oxygen atoms in total. The lowest BCUT2D eigenvalue weighted by molar-refractivity contribution is -0.126. The second kappa shape index (κ2) is 11.4. The third-order valence-electron chi connectivity index (χ3n) is 10.3. The first kappa shape index (κ1) is 30.2. The molecule has 2 heterocycles. The largest absolute Gasteiger partial charge is 0.508 e. The van der Waals surface area contributed by atoms with Crippen molar-refractivity contribution in [3.8, 4) is 17.2 Å². The molecule has 1 saturated carbocycles. The minimum absolute atomic E-state index is 0.0866. The smallest absolute Gasteiger partial charge is 0.238 e. The van der Waals surface area contributed by atoms with Gasteiger partial charge < -0.3 is 14.6 Å². The molecule has 9 heteroatoms. The molecular formula is C38H34N2O7. The molecular weight excluding hydrogens is 596 g/mol. The zero-order valence-electron chi connectivity index (χ0n) is 26.1. The molecule has 2 aliphatic carbocycles.